The maximum absolute atomic E-state index is 12.3. The van der Waals surface area contributed by atoms with Crippen LogP contribution in [0.1, 0.15) is 36.2 Å². The molecule has 6 nitrogen and oxygen atoms in total. The van der Waals surface area contributed by atoms with Crippen LogP contribution in [-0.2, 0) is 0 Å². The van der Waals surface area contributed by atoms with E-state index in [-0.39, 0.29) is 11.9 Å². The summed E-state index contributed by atoms with van der Waals surface area (Å²) >= 11 is 6.02. The summed E-state index contributed by atoms with van der Waals surface area (Å²) in [6.45, 7) is 0. The number of methoxy groups -OCH3 is 1. The van der Waals surface area contributed by atoms with Crippen LogP contribution in [0.2, 0.25) is 5.02 Å². The van der Waals surface area contributed by atoms with Crippen LogP contribution in [-0.4, -0.2) is 29.0 Å². The standard InChI is InChI=1S/C17H19ClN4O2/c1-24-15-7-6-11(18)10-14(15)22-17-19-9-8-13(21-17)16(23)20-12-4-2-3-5-12/h6-10,12H,2-5H2,1H3,(H,20,23)(H,19,21,22). The molecule has 0 spiro atoms. The molecule has 2 aromatic rings. The predicted octanol–water partition coefficient (Wildman–Crippen LogP) is 3.55. The van der Waals surface area contributed by atoms with E-state index in [2.05, 4.69) is 20.6 Å². The fourth-order valence-electron chi connectivity index (χ4n) is 2.77. The Morgan fingerprint density at radius 2 is 2.08 bits per heavy atom. The minimum absolute atomic E-state index is 0.176. The number of benzene rings is 1. The third-order valence-corrected chi connectivity index (χ3v) is 4.22. The zero-order valence-corrected chi connectivity index (χ0v) is 14.1. The van der Waals surface area contributed by atoms with Gasteiger partial charge in [0.05, 0.1) is 12.8 Å². The molecule has 1 saturated carbocycles. The SMILES string of the molecule is COc1ccc(Cl)cc1Nc1nccc(C(=O)NC2CCCC2)n1. The molecule has 0 radical (unpaired) electrons. The van der Waals surface area contributed by atoms with Crippen LogP contribution in [0.5, 0.6) is 5.75 Å². The molecular formula is C17H19ClN4O2. The number of anilines is 2. The first kappa shape index (κ1) is 16.5. The highest BCUT2D eigenvalue weighted by Gasteiger charge is 2.19. The molecule has 0 bridgehead atoms. The molecule has 7 heteroatoms. The van der Waals surface area contributed by atoms with Crippen LogP contribution in [0.25, 0.3) is 0 Å². The zero-order valence-electron chi connectivity index (χ0n) is 13.4. The first-order chi connectivity index (χ1) is 11.7. The van der Waals surface area contributed by atoms with Gasteiger partial charge in [0.15, 0.2) is 0 Å². The van der Waals surface area contributed by atoms with Gasteiger partial charge >= 0.3 is 0 Å². The van der Waals surface area contributed by atoms with E-state index in [0.717, 1.165) is 25.7 Å². The summed E-state index contributed by atoms with van der Waals surface area (Å²) in [5.41, 5.74) is 0.971. The molecule has 24 heavy (non-hydrogen) atoms. The van der Waals surface area contributed by atoms with Crippen LogP contribution in [0.4, 0.5) is 11.6 Å². The lowest BCUT2D eigenvalue weighted by Gasteiger charge is -2.13. The van der Waals surface area contributed by atoms with Crippen molar-refractivity contribution in [1.82, 2.24) is 15.3 Å². The minimum Gasteiger partial charge on any atom is -0.495 e. The van der Waals surface area contributed by atoms with Crippen molar-refractivity contribution >= 4 is 29.1 Å². The lowest BCUT2D eigenvalue weighted by atomic mass is 10.2. The lowest BCUT2D eigenvalue weighted by molar-refractivity contribution is 0.0933. The number of nitrogens with one attached hydrogen (secondary N) is 2. The Morgan fingerprint density at radius 3 is 2.83 bits per heavy atom. The maximum atomic E-state index is 12.3. The third kappa shape index (κ3) is 3.94. The molecule has 2 N–H and O–H groups in total. The molecule has 1 aliphatic rings. The molecule has 126 valence electrons. The highest BCUT2D eigenvalue weighted by molar-refractivity contribution is 6.31. The maximum Gasteiger partial charge on any atom is 0.270 e. The van der Waals surface area contributed by atoms with E-state index in [1.807, 2.05) is 0 Å². The Kier molecular flexibility index (Phi) is 5.15. The van der Waals surface area contributed by atoms with E-state index in [9.17, 15) is 4.79 Å². The number of amides is 1. The summed E-state index contributed by atoms with van der Waals surface area (Å²) in [7, 11) is 1.57. The van der Waals surface area contributed by atoms with Crippen molar-refractivity contribution in [3.8, 4) is 5.75 Å². The number of hydrogen-bond donors (Lipinski definition) is 2. The average molecular weight is 347 g/mol. The van der Waals surface area contributed by atoms with Gasteiger partial charge in [0, 0.05) is 17.3 Å². The van der Waals surface area contributed by atoms with Crippen LogP contribution in [0.3, 0.4) is 0 Å². The Morgan fingerprint density at radius 1 is 1.29 bits per heavy atom. The summed E-state index contributed by atoms with van der Waals surface area (Å²) in [6.07, 6.45) is 5.94. The van der Waals surface area contributed by atoms with E-state index in [1.54, 1.807) is 37.6 Å². The number of ether oxygens (including phenoxy) is 1. The molecular weight excluding hydrogens is 328 g/mol. The number of nitrogens with zero attached hydrogens (tertiary/aromatic N) is 2. The van der Waals surface area contributed by atoms with E-state index in [4.69, 9.17) is 16.3 Å². The van der Waals surface area contributed by atoms with Gasteiger partial charge in [-0.05, 0) is 37.1 Å². The summed E-state index contributed by atoms with van der Waals surface area (Å²) in [5.74, 6) is 0.754. The highest BCUT2D eigenvalue weighted by atomic mass is 35.5. The fourth-order valence-corrected chi connectivity index (χ4v) is 2.95. The van der Waals surface area contributed by atoms with Gasteiger partial charge in [0.2, 0.25) is 5.95 Å². The van der Waals surface area contributed by atoms with Crippen molar-refractivity contribution in [2.45, 2.75) is 31.7 Å². The highest BCUT2D eigenvalue weighted by Crippen LogP contribution is 2.29. The van der Waals surface area contributed by atoms with Crippen LogP contribution in [0, 0.1) is 0 Å². The van der Waals surface area contributed by atoms with Gasteiger partial charge in [0.1, 0.15) is 11.4 Å². The van der Waals surface area contributed by atoms with Crippen LogP contribution in [0.15, 0.2) is 30.5 Å². The van der Waals surface area contributed by atoms with E-state index in [1.165, 1.54) is 0 Å². The number of aromatic nitrogens is 2. The summed E-state index contributed by atoms with van der Waals surface area (Å²) < 4.78 is 5.28. The van der Waals surface area contributed by atoms with E-state index >= 15 is 0 Å². The first-order valence-corrected chi connectivity index (χ1v) is 8.28. The second-order valence-corrected chi connectivity index (χ2v) is 6.13. The molecule has 1 heterocycles. The molecule has 1 aliphatic carbocycles. The number of halogens is 1. The van der Waals surface area contributed by atoms with Crippen molar-refractivity contribution in [3.05, 3.63) is 41.2 Å². The topological polar surface area (TPSA) is 76.1 Å². The number of carbonyl (C=O) groups is 1. The van der Waals surface area contributed by atoms with Gasteiger partial charge in [-0.3, -0.25) is 4.79 Å². The average Bonchev–Trinajstić information content (AvgIpc) is 3.08. The molecule has 0 unspecified atom stereocenters. The Hall–Kier alpha value is -2.34. The van der Waals surface area contributed by atoms with Crippen molar-refractivity contribution < 1.29 is 9.53 Å². The smallest absolute Gasteiger partial charge is 0.270 e. The number of hydrogen-bond acceptors (Lipinski definition) is 5. The van der Waals surface area contributed by atoms with Gasteiger partial charge in [-0.1, -0.05) is 24.4 Å². The molecule has 1 fully saturated rings. The van der Waals surface area contributed by atoms with Gasteiger partial charge in [-0.2, -0.15) is 0 Å². The predicted molar refractivity (Wildman–Crippen MR) is 93.0 cm³/mol. The summed E-state index contributed by atoms with van der Waals surface area (Å²) in [5, 5.41) is 6.62. The van der Waals surface area contributed by atoms with Crippen LogP contribution >= 0.6 is 11.6 Å². The third-order valence-electron chi connectivity index (χ3n) is 3.99. The van der Waals surface area contributed by atoms with E-state index in [0.29, 0.717) is 28.1 Å². The summed E-state index contributed by atoms with van der Waals surface area (Å²) in [4.78, 5) is 20.7. The monoisotopic (exact) mass is 346 g/mol. The number of rotatable bonds is 5. The first-order valence-electron chi connectivity index (χ1n) is 7.90. The summed E-state index contributed by atoms with van der Waals surface area (Å²) in [6, 6.07) is 7.05. The van der Waals surface area contributed by atoms with Crippen molar-refractivity contribution in [2.24, 2.45) is 0 Å². The molecule has 0 saturated heterocycles. The van der Waals surface area contributed by atoms with Crippen molar-refractivity contribution in [2.75, 3.05) is 12.4 Å². The second-order valence-electron chi connectivity index (χ2n) is 5.69. The molecule has 3 rings (SSSR count). The quantitative estimate of drug-likeness (QED) is 0.865. The Labute approximate surface area is 145 Å². The normalized spacial score (nSPS) is 14.4. The van der Waals surface area contributed by atoms with Gasteiger partial charge in [-0.15, -0.1) is 0 Å². The van der Waals surface area contributed by atoms with Gasteiger partial charge < -0.3 is 15.4 Å². The fraction of sp³-hybridized carbons (Fsp3) is 0.353. The number of carbonyl (C=O) groups excluding carboxylic acids is 1. The minimum atomic E-state index is -0.176. The zero-order chi connectivity index (χ0) is 16.9. The Bertz CT molecular complexity index is 732. The molecule has 1 amide bonds. The lowest BCUT2D eigenvalue weighted by Crippen LogP contribution is -2.33. The molecule has 1 aromatic carbocycles. The van der Waals surface area contributed by atoms with Crippen molar-refractivity contribution in [1.29, 1.82) is 0 Å². The second kappa shape index (κ2) is 7.49. The van der Waals surface area contributed by atoms with Crippen molar-refractivity contribution in [3.63, 3.8) is 0 Å². The van der Waals surface area contributed by atoms with Crippen LogP contribution < -0.4 is 15.4 Å². The molecule has 1 aromatic heterocycles. The van der Waals surface area contributed by atoms with Gasteiger partial charge in [-0.25, -0.2) is 9.97 Å². The Balaban J connectivity index is 1.75. The largest absolute Gasteiger partial charge is 0.495 e. The van der Waals surface area contributed by atoms with E-state index < -0.39 is 0 Å². The van der Waals surface area contributed by atoms with Gasteiger partial charge in [0.25, 0.3) is 5.91 Å². The molecule has 0 aliphatic heterocycles. The molecule has 0 atom stereocenters.